The highest BCUT2D eigenvalue weighted by atomic mass is 16.5. The molecule has 0 saturated heterocycles. The van der Waals surface area contributed by atoms with E-state index in [9.17, 15) is 9.59 Å². The number of amides is 2. The quantitative estimate of drug-likeness (QED) is 0.304. The van der Waals surface area contributed by atoms with Gasteiger partial charge in [0.2, 0.25) is 5.91 Å². The zero-order valence-corrected chi connectivity index (χ0v) is 19.7. The number of aryl methyl sites for hydroxylation is 1. The number of carbonyl (C=O) groups is 2. The lowest BCUT2D eigenvalue weighted by Gasteiger charge is -2.13. The van der Waals surface area contributed by atoms with Gasteiger partial charge in [-0.2, -0.15) is 0 Å². The predicted octanol–water partition coefficient (Wildman–Crippen LogP) is 5.28. The average Bonchev–Trinajstić information content (AvgIpc) is 2.87. The molecule has 0 heterocycles. The van der Waals surface area contributed by atoms with E-state index in [1.807, 2.05) is 48.5 Å². The van der Waals surface area contributed by atoms with Gasteiger partial charge >= 0.3 is 0 Å². The molecule has 0 fully saturated rings. The van der Waals surface area contributed by atoms with Crippen LogP contribution in [0, 0.1) is 0 Å². The monoisotopic (exact) mass is 459 g/mol. The lowest BCUT2D eigenvalue weighted by molar-refractivity contribution is -0.114. The van der Waals surface area contributed by atoms with Crippen LogP contribution in [0.15, 0.2) is 78.9 Å². The van der Waals surface area contributed by atoms with Crippen molar-refractivity contribution in [3.8, 4) is 5.75 Å². The third kappa shape index (κ3) is 8.28. The van der Waals surface area contributed by atoms with Crippen LogP contribution in [-0.2, 0) is 11.2 Å². The number of hydrogen-bond acceptors (Lipinski definition) is 4. The minimum absolute atomic E-state index is 0.0727. The van der Waals surface area contributed by atoms with Crippen molar-refractivity contribution in [3.63, 3.8) is 0 Å². The lowest BCUT2D eigenvalue weighted by Crippen LogP contribution is -2.25. The van der Waals surface area contributed by atoms with Crippen LogP contribution in [0.4, 0.5) is 11.4 Å². The highest BCUT2D eigenvalue weighted by molar-refractivity contribution is 5.96. The molecule has 0 aliphatic heterocycles. The van der Waals surface area contributed by atoms with E-state index in [1.54, 1.807) is 18.2 Å². The fraction of sp³-hybridized carbons (Fsp3) is 0.286. The number of carbonyl (C=O) groups excluding carboxylic acids is 2. The highest BCUT2D eigenvalue weighted by Gasteiger charge is 2.09. The van der Waals surface area contributed by atoms with Crippen molar-refractivity contribution in [3.05, 3.63) is 90.0 Å². The predicted molar refractivity (Wildman–Crippen MR) is 138 cm³/mol. The van der Waals surface area contributed by atoms with Gasteiger partial charge in [0, 0.05) is 17.8 Å². The maximum Gasteiger partial charge on any atom is 0.251 e. The number of ether oxygens (including phenoxy) is 1. The first kappa shape index (κ1) is 24.8. The van der Waals surface area contributed by atoms with Crippen molar-refractivity contribution < 1.29 is 14.3 Å². The zero-order valence-electron chi connectivity index (χ0n) is 19.7. The van der Waals surface area contributed by atoms with Gasteiger partial charge in [0.15, 0.2) is 0 Å². The Hall–Kier alpha value is -3.80. The number of unbranched alkanes of at least 4 members (excludes halogenated alkanes) is 1. The van der Waals surface area contributed by atoms with E-state index >= 15 is 0 Å². The molecule has 3 N–H and O–H groups in total. The molecule has 0 aromatic heterocycles. The van der Waals surface area contributed by atoms with Crippen LogP contribution in [0.2, 0.25) is 0 Å². The van der Waals surface area contributed by atoms with Gasteiger partial charge in [0.25, 0.3) is 5.91 Å². The first-order valence-electron chi connectivity index (χ1n) is 11.8. The smallest absolute Gasteiger partial charge is 0.251 e. The number of para-hydroxylation sites is 2. The van der Waals surface area contributed by atoms with E-state index in [4.69, 9.17) is 4.74 Å². The van der Waals surface area contributed by atoms with E-state index in [0.717, 1.165) is 25.7 Å². The Morgan fingerprint density at radius 1 is 0.882 bits per heavy atom. The molecular weight excluding hydrogens is 426 g/mol. The van der Waals surface area contributed by atoms with Crippen LogP contribution in [-0.4, -0.2) is 31.5 Å². The Morgan fingerprint density at radius 2 is 1.68 bits per heavy atom. The molecular formula is C28H33N3O3. The van der Waals surface area contributed by atoms with Crippen molar-refractivity contribution in [2.75, 3.05) is 30.3 Å². The molecule has 6 heteroatoms. The fourth-order valence-electron chi connectivity index (χ4n) is 3.43. The van der Waals surface area contributed by atoms with Crippen LogP contribution in [0.1, 0.15) is 42.1 Å². The van der Waals surface area contributed by atoms with Crippen molar-refractivity contribution in [1.82, 2.24) is 5.32 Å². The summed E-state index contributed by atoms with van der Waals surface area (Å²) in [5.41, 5.74) is 3.19. The summed E-state index contributed by atoms with van der Waals surface area (Å²) in [7, 11) is 0. The largest absolute Gasteiger partial charge is 0.491 e. The van der Waals surface area contributed by atoms with E-state index in [2.05, 4.69) is 35.0 Å². The maximum absolute atomic E-state index is 12.5. The van der Waals surface area contributed by atoms with Crippen molar-refractivity contribution >= 4 is 23.2 Å². The Labute approximate surface area is 201 Å². The SMILES string of the molecule is CCCCNC(=O)c1cccc(NCC(=O)Nc2ccccc2OCCCc2ccccc2)c1. The zero-order chi connectivity index (χ0) is 24.0. The second-order valence-corrected chi connectivity index (χ2v) is 8.03. The Morgan fingerprint density at radius 3 is 2.50 bits per heavy atom. The summed E-state index contributed by atoms with van der Waals surface area (Å²) in [6, 6.07) is 24.9. The number of benzene rings is 3. The van der Waals surface area contributed by atoms with E-state index < -0.39 is 0 Å². The summed E-state index contributed by atoms with van der Waals surface area (Å²) in [5.74, 6) is 0.340. The minimum atomic E-state index is -0.196. The molecule has 3 aromatic rings. The topological polar surface area (TPSA) is 79.5 Å². The summed E-state index contributed by atoms with van der Waals surface area (Å²) < 4.78 is 5.93. The molecule has 0 aliphatic carbocycles. The number of hydrogen-bond donors (Lipinski definition) is 3. The second-order valence-electron chi connectivity index (χ2n) is 8.03. The van der Waals surface area contributed by atoms with Gasteiger partial charge in [-0.3, -0.25) is 9.59 Å². The van der Waals surface area contributed by atoms with Gasteiger partial charge in [-0.25, -0.2) is 0 Å². The number of nitrogens with one attached hydrogen (secondary N) is 3. The molecule has 0 spiro atoms. The highest BCUT2D eigenvalue weighted by Crippen LogP contribution is 2.24. The van der Waals surface area contributed by atoms with Gasteiger partial charge in [0.05, 0.1) is 18.8 Å². The number of rotatable bonds is 13. The Kier molecular flexibility index (Phi) is 9.99. The Bertz CT molecular complexity index is 1050. The summed E-state index contributed by atoms with van der Waals surface area (Å²) >= 11 is 0. The van der Waals surface area contributed by atoms with Gasteiger partial charge in [-0.15, -0.1) is 0 Å². The van der Waals surface area contributed by atoms with Crippen LogP contribution in [0.25, 0.3) is 0 Å². The van der Waals surface area contributed by atoms with Gasteiger partial charge < -0.3 is 20.7 Å². The van der Waals surface area contributed by atoms with Crippen molar-refractivity contribution in [2.45, 2.75) is 32.6 Å². The third-order valence-corrected chi connectivity index (χ3v) is 5.27. The standard InChI is InChI=1S/C28H33N3O3/c1-2-3-18-29-28(33)23-14-9-15-24(20-23)30-21-27(32)31-25-16-7-8-17-26(25)34-19-10-13-22-11-5-4-6-12-22/h4-9,11-12,14-17,20,30H,2-3,10,13,18-19,21H2,1H3,(H,29,33)(H,31,32). The lowest BCUT2D eigenvalue weighted by atomic mass is 10.1. The van der Waals surface area contributed by atoms with E-state index in [-0.39, 0.29) is 18.4 Å². The molecule has 0 radical (unpaired) electrons. The van der Waals surface area contributed by atoms with Gasteiger partial charge in [-0.05, 0) is 55.2 Å². The average molecular weight is 460 g/mol. The van der Waals surface area contributed by atoms with Gasteiger partial charge in [-0.1, -0.05) is 61.9 Å². The molecule has 34 heavy (non-hydrogen) atoms. The first-order valence-corrected chi connectivity index (χ1v) is 11.8. The molecule has 3 rings (SSSR count). The molecule has 6 nitrogen and oxygen atoms in total. The molecule has 0 aliphatic rings. The molecule has 0 saturated carbocycles. The number of anilines is 2. The van der Waals surface area contributed by atoms with Crippen LogP contribution in [0.3, 0.4) is 0 Å². The minimum Gasteiger partial charge on any atom is -0.491 e. The maximum atomic E-state index is 12.5. The van der Waals surface area contributed by atoms with Crippen LogP contribution in [0.5, 0.6) is 5.75 Å². The summed E-state index contributed by atoms with van der Waals surface area (Å²) in [5, 5.41) is 8.89. The fourth-order valence-corrected chi connectivity index (χ4v) is 3.43. The van der Waals surface area contributed by atoms with E-state index in [1.165, 1.54) is 5.56 Å². The Balaban J connectivity index is 1.47. The summed E-state index contributed by atoms with van der Waals surface area (Å²) in [6.45, 7) is 3.37. The molecule has 0 atom stereocenters. The van der Waals surface area contributed by atoms with Crippen molar-refractivity contribution in [1.29, 1.82) is 0 Å². The molecule has 0 bridgehead atoms. The second kappa shape index (κ2) is 13.7. The third-order valence-electron chi connectivity index (χ3n) is 5.27. The van der Waals surface area contributed by atoms with Crippen LogP contribution >= 0.6 is 0 Å². The molecule has 178 valence electrons. The van der Waals surface area contributed by atoms with E-state index in [0.29, 0.717) is 35.8 Å². The van der Waals surface area contributed by atoms with Crippen molar-refractivity contribution in [2.24, 2.45) is 0 Å². The molecule has 3 aromatic carbocycles. The van der Waals surface area contributed by atoms with Crippen LogP contribution < -0.4 is 20.7 Å². The summed E-state index contributed by atoms with van der Waals surface area (Å²) in [6.07, 6.45) is 3.80. The molecule has 0 unspecified atom stereocenters. The molecule has 2 amide bonds. The van der Waals surface area contributed by atoms with Gasteiger partial charge in [0.1, 0.15) is 5.75 Å². The summed E-state index contributed by atoms with van der Waals surface area (Å²) in [4.78, 5) is 24.8. The first-order chi connectivity index (χ1) is 16.7. The normalized spacial score (nSPS) is 10.4.